The summed E-state index contributed by atoms with van der Waals surface area (Å²) in [6, 6.07) is 0. The normalized spacial score (nSPS) is 9.60. The molecule has 0 heterocycles. The first-order chi connectivity index (χ1) is 2.27. The lowest BCUT2D eigenvalue weighted by molar-refractivity contribution is 0.0420. The van der Waals surface area contributed by atoms with Gasteiger partial charge in [-0.2, -0.15) is 0 Å². The summed E-state index contributed by atoms with van der Waals surface area (Å²) in [7, 11) is 0.685. The van der Waals surface area contributed by atoms with E-state index >= 15 is 0 Å². The van der Waals surface area contributed by atoms with Crippen LogP contribution in [0.2, 0.25) is 0 Å². The van der Waals surface area contributed by atoms with Gasteiger partial charge in [-0.25, -0.2) is 0 Å². The van der Waals surface area contributed by atoms with Gasteiger partial charge in [-0.3, -0.25) is 0 Å². The highest BCUT2D eigenvalue weighted by atomic mass is 33.1. The molecule has 5 heavy (non-hydrogen) atoms. The lowest BCUT2D eigenvalue weighted by atomic mass is 11.5. The Morgan fingerprint density at radius 3 is 1.80 bits per heavy atom. The van der Waals surface area contributed by atoms with Crippen LogP contribution in [0.25, 0.3) is 0 Å². The number of aliphatic hydroxyl groups is 2. The summed E-state index contributed by atoms with van der Waals surface area (Å²) < 4.78 is 0. The summed E-state index contributed by atoms with van der Waals surface area (Å²) in [4.78, 5) is 0. The summed E-state index contributed by atoms with van der Waals surface area (Å²) >= 11 is 3.43. The van der Waals surface area contributed by atoms with E-state index in [1.165, 1.54) is 0 Å². The maximum Gasteiger partial charge on any atom is 0.211 e. The van der Waals surface area contributed by atoms with Crippen LogP contribution in [0.3, 0.4) is 0 Å². The molecule has 0 saturated carbocycles. The van der Waals surface area contributed by atoms with E-state index < -0.39 is 5.62 Å². The van der Waals surface area contributed by atoms with Gasteiger partial charge in [0.1, 0.15) is 0 Å². The SMILES string of the molecule is OC(O)SS. The third kappa shape index (κ3) is 4.62. The minimum Gasteiger partial charge on any atom is -0.359 e. The van der Waals surface area contributed by atoms with Crippen molar-refractivity contribution in [1.82, 2.24) is 0 Å². The average molecular weight is 112 g/mol. The molecule has 0 unspecified atom stereocenters. The van der Waals surface area contributed by atoms with Crippen molar-refractivity contribution < 1.29 is 10.2 Å². The van der Waals surface area contributed by atoms with E-state index in [4.69, 9.17) is 10.2 Å². The average Bonchev–Trinajstić information content (AvgIpc) is 1.38. The second-order valence-electron chi connectivity index (χ2n) is 0.432. The Morgan fingerprint density at radius 2 is 1.80 bits per heavy atom. The van der Waals surface area contributed by atoms with E-state index in [-0.39, 0.29) is 0 Å². The highest BCUT2D eigenvalue weighted by molar-refractivity contribution is 8.68. The summed E-state index contributed by atoms with van der Waals surface area (Å²) in [6.45, 7) is 0. The number of hydrogen-bond donors (Lipinski definition) is 3. The molecule has 0 aromatic carbocycles. The van der Waals surface area contributed by atoms with E-state index in [1.807, 2.05) is 0 Å². The van der Waals surface area contributed by atoms with Crippen molar-refractivity contribution in [2.24, 2.45) is 0 Å². The van der Waals surface area contributed by atoms with Crippen LogP contribution < -0.4 is 0 Å². The minimum atomic E-state index is -1.33. The molecular weight excluding hydrogens is 108 g/mol. The zero-order chi connectivity index (χ0) is 4.28. The molecule has 0 fully saturated rings. The topological polar surface area (TPSA) is 40.5 Å². The number of thiol groups is 1. The van der Waals surface area contributed by atoms with Crippen LogP contribution in [0.5, 0.6) is 0 Å². The zero-order valence-corrected chi connectivity index (χ0v) is 4.04. The molecule has 4 heteroatoms. The molecule has 2 nitrogen and oxygen atoms in total. The fourth-order valence-corrected chi connectivity index (χ4v) is 0. The molecule has 0 spiro atoms. The second kappa shape index (κ2) is 2.84. The van der Waals surface area contributed by atoms with Gasteiger partial charge < -0.3 is 10.2 Å². The summed E-state index contributed by atoms with van der Waals surface area (Å²) in [6.07, 6.45) is 0. The molecule has 0 aromatic rings. The van der Waals surface area contributed by atoms with Crippen molar-refractivity contribution in [3.63, 3.8) is 0 Å². The number of rotatable bonds is 1. The molecule has 0 radical (unpaired) electrons. The molecule has 0 rings (SSSR count). The second-order valence-corrected chi connectivity index (χ2v) is 1.70. The van der Waals surface area contributed by atoms with Crippen molar-refractivity contribution in [2.45, 2.75) is 5.62 Å². The lowest BCUT2D eigenvalue weighted by Crippen LogP contribution is -1.90. The molecule has 0 aromatic heterocycles. The van der Waals surface area contributed by atoms with Gasteiger partial charge in [0.25, 0.3) is 0 Å². The van der Waals surface area contributed by atoms with Gasteiger partial charge in [0.15, 0.2) is 0 Å². The van der Waals surface area contributed by atoms with Gasteiger partial charge in [-0.05, 0) is 10.8 Å². The van der Waals surface area contributed by atoms with Crippen LogP contribution in [0.4, 0.5) is 0 Å². The van der Waals surface area contributed by atoms with Gasteiger partial charge in [0, 0.05) is 0 Å². The van der Waals surface area contributed by atoms with Crippen LogP contribution in [0.1, 0.15) is 0 Å². The van der Waals surface area contributed by atoms with E-state index in [0.717, 1.165) is 0 Å². The predicted octanol–water partition coefficient (Wildman–Crippen LogP) is -0.167. The molecule has 0 aliphatic carbocycles. The first kappa shape index (κ1) is 5.62. The molecule has 2 N–H and O–H groups in total. The largest absolute Gasteiger partial charge is 0.359 e. The smallest absolute Gasteiger partial charge is 0.211 e. The van der Waals surface area contributed by atoms with Crippen LogP contribution in [-0.4, -0.2) is 15.8 Å². The van der Waals surface area contributed by atoms with E-state index in [9.17, 15) is 0 Å². The standard InChI is InChI=1S/CH4O2S2/c2-1(3)5-4/h1-4H. The molecule has 0 amide bonds. The Labute approximate surface area is 39.0 Å². The summed E-state index contributed by atoms with van der Waals surface area (Å²) in [5, 5.41) is 15.6. The molecule has 0 aliphatic heterocycles. The first-order valence-electron chi connectivity index (χ1n) is 0.935. The van der Waals surface area contributed by atoms with Gasteiger partial charge in [0.2, 0.25) is 5.62 Å². The molecule has 0 saturated heterocycles. The van der Waals surface area contributed by atoms with E-state index in [1.54, 1.807) is 0 Å². The van der Waals surface area contributed by atoms with E-state index in [2.05, 4.69) is 11.7 Å². The Morgan fingerprint density at radius 1 is 1.60 bits per heavy atom. The third-order valence-corrected chi connectivity index (χ3v) is 0.849. The highest BCUT2D eigenvalue weighted by Gasteiger charge is 1.85. The van der Waals surface area contributed by atoms with Crippen LogP contribution in [0.15, 0.2) is 0 Å². The van der Waals surface area contributed by atoms with Crippen LogP contribution >= 0.6 is 22.5 Å². The molecule has 0 atom stereocenters. The van der Waals surface area contributed by atoms with Crippen molar-refractivity contribution in [3.8, 4) is 0 Å². The minimum absolute atomic E-state index is 0.685. The Bertz CT molecular complexity index is 21.6. The summed E-state index contributed by atoms with van der Waals surface area (Å²) in [5.74, 6) is 0. The monoisotopic (exact) mass is 112 g/mol. The molecule has 0 aliphatic rings. The van der Waals surface area contributed by atoms with E-state index in [0.29, 0.717) is 10.8 Å². The Hall–Kier alpha value is 0.620. The third-order valence-electron chi connectivity index (χ3n) is 0.0943. The van der Waals surface area contributed by atoms with Crippen LogP contribution in [0, 0.1) is 0 Å². The Kier molecular flexibility index (Phi) is 3.19. The van der Waals surface area contributed by atoms with Gasteiger partial charge in [0.05, 0.1) is 0 Å². The quantitative estimate of drug-likeness (QED) is 0.251. The van der Waals surface area contributed by atoms with Gasteiger partial charge in [-0.15, -0.1) is 11.7 Å². The lowest BCUT2D eigenvalue weighted by Gasteiger charge is -1.88. The van der Waals surface area contributed by atoms with Gasteiger partial charge in [-0.1, -0.05) is 0 Å². The maximum atomic E-state index is 7.80. The highest BCUT2D eigenvalue weighted by Crippen LogP contribution is 2.06. The maximum absolute atomic E-state index is 7.80. The first-order valence-corrected chi connectivity index (χ1v) is 2.87. The van der Waals surface area contributed by atoms with Crippen molar-refractivity contribution in [3.05, 3.63) is 0 Å². The summed E-state index contributed by atoms with van der Waals surface area (Å²) in [5.41, 5.74) is -1.33. The Balaban J connectivity index is 2.54. The van der Waals surface area contributed by atoms with Crippen molar-refractivity contribution in [1.29, 1.82) is 0 Å². The fourth-order valence-electron chi connectivity index (χ4n) is 0. The number of aliphatic hydroxyl groups excluding tert-OH is 1. The zero-order valence-electron chi connectivity index (χ0n) is 2.33. The fraction of sp³-hybridized carbons (Fsp3) is 1.00. The van der Waals surface area contributed by atoms with Gasteiger partial charge >= 0.3 is 0 Å². The number of hydrogen-bond acceptors (Lipinski definition) is 4. The molecule has 0 bridgehead atoms. The molecular formula is CH4O2S2. The molecule has 32 valence electrons. The van der Waals surface area contributed by atoms with Crippen molar-refractivity contribution in [2.75, 3.05) is 0 Å². The predicted molar refractivity (Wildman–Crippen MR) is 24.8 cm³/mol. The van der Waals surface area contributed by atoms with Crippen LogP contribution in [-0.2, 0) is 0 Å². The van der Waals surface area contributed by atoms with Crippen molar-refractivity contribution >= 4 is 22.5 Å².